The number of anilines is 1. The first-order valence-corrected chi connectivity index (χ1v) is 6.70. The molecule has 0 bridgehead atoms. The number of hydrogen-bond donors (Lipinski definition) is 1. The standard InChI is InChI=1S/C15H14N6O/c1-10-7-11(2)21(20-10)14-4-3-12(8-18-14)19-15(22)13-9-16-5-6-17-13/h3-9H,1-2H3,(H,19,22). The van der Waals surface area contributed by atoms with Crippen molar-refractivity contribution in [2.45, 2.75) is 13.8 Å². The lowest BCUT2D eigenvalue weighted by atomic mass is 10.3. The van der Waals surface area contributed by atoms with Crippen molar-refractivity contribution in [3.63, 3.8) is 0 Å². The molecule has 0 fully saturated rings. The van der Waals surface area contributed by atoms with Gasteiger partial charge in [-0.3, -0.25) is 9.78 Å². The van der Waals surface area contributed by atoms with Crippen LogP contribution in [0, 0.1) is 13.8 Å². The van der Waals surface area contributed by atoms with Crippen LogP contribution >= 0.6 is 0 Å². The summed E-state index contributed by atoms with van der Waals surface area (Å²) in [6.07, 6.45) is 5.98. The summed E-state index contributed by atoms with van der Waals surface area (Å²) in [7, 11) is 0. The molecule has 3 heterocycles. The summed E-state index contributed by atoms with van der Waals surface area (Å²) >= 11 is 0. The maximum Gasteiger partial charge on any atom is 0.275 e. The number of rotatable bonds is 3. The Morgan fingerprint density at radius 3 is 2.59 bits per heavy atom. The molecule has 0 aliphatic heterocycles. The Hall–Kier alpha value is -3.09. The largest absolute Gasteiger partial charge is 0.319 e. The molecule has 7 nitrogen and oxygen atoms in total. The number of amides is 1. The second-order valence-corrected chi connectivity index (χ2v) is 4.79. The van der Waals surface area contributed by atoms with Crippen LogP contribution in [-0.2, 0) is 0 Å². The number of nitrogens with one attached hydrogen (secondary N) is 1. The van der Waals surface area contributed by atoms with Gasteiger partial charge in [0.15, 0.2) is 5.82 Å². The van der Waals surface area contributed by atoms with Gasteiger partial charge in [0.2, 0.25) is 0 Å². The van der Waals surface area contributed by atoms with Gasteiger partial charge in [0, 0.05) is 18.1 Å². The quantitative estimate of drug-likeness (QED) is 0.797. The summed E-state index contributed by atoms with van der Waals surface area (Å²) in [4.78, 5) is 24.1. The Morgan fingerprint density at radius 1 is 1.14 bits per heavy atom. The number of hydrogen-bond acceptors (Lipinski definition) is 5. The van der Waals surface area contributed by atoms with E-state index in [1.54, 1.807) is 23.0 Å². The van der Waals surface area contributed by atoms with E-state index in [0.717, 1.165) is 11.4 Å². The molecule has 1 N–H and O–H groups in total. The average molecular weight is 294 g/mol. The van der Waals surface area contributed by atoms with Crippen molar-refractivity contribution < 1.29 is 4.79 Å². The maximum absolute atomic E-state index is 12.0. The van der Waals surface area contributed by atoms with E-state index in [0.29, 0.717) is 11.5 Å². The van der Waals surface area contributed by atoms with Crippen molar-refractivity contribution in [3.05, 3.63) is 60.1 Å². The smallest absolute Gasteiger partial charge is 0.275 e. The van der Waals surface area contributed by atoms with Gasteiger partial charge >= 0.3 is 0 Å². The number of aromatic nitrogens is 5. The third-order valence-electron chi connectivity index (χ3n) is 3.03. The van der Waals surface area contributed by atoms with Gasteiger partial charge in [-0.05, 0) is 32.0 Å². The summed E-state index contributed by atoms with van der Waals surface area (Å²) in [6, 6.07) is 5.55. The summed E-state index contributed by atoms with van der Waals surface area (Å²) in [5, 5.41) is 7.09. The van der Waals surface area contributed by atoms with E-state index in [-0.39, 0.29) is 11.6 Å². The Labute approximate surface area is 127 Å². The van der Waals surface area contributed by atoms with Gasteiger partial charge in [0.05, 0.1) is 23.8 Å². The topological polar surface area (TPSA) is 85.6 Å². The van der Waals surface area contributed by atoms with Crippen LogP contribution in [0.2, 0.25) is 0 Å². The van der Waals surface area contributed by atoms with Crippen molar-refractivity contribution in [1.29, 1.82) is 0 Å². The Bertz CT molecular complexity index is 795. The normalized spacial score (nSPS) is 10.5. The van der Waals surface area contributed by atoms with Crippen LogP contribution in [-0.4, -0.2) is 30.6 Å². The van der Waals surface area contributed by atoms with Crippen LogP contribution in [0.3, 0.4) is 0 Å². The predicted molar refractivity (Wildman–Crippen MR) is 80.8 cm³/mol. The molecule has 3 aromatic heterocycles. The third-order valence-corrected chi connectivity index (χ3v) is 3.03. The van der Waals surface area contributed by atoms with E-state index in [1.165, 1.54) is 18.6 Å². The number of pyridine rings is 1. The van der Waals surface area contributed by atoms with E-state index in [9.17, 15) is 4.79 Å². The van der Waals surface area contributed by atoms with Crippen LogP contribution < -0.4 is 5.32 Å². The van der Waals surface area contributed by atoms with E-state index < -0.39 is 0 Å². The molecule has 0 aliphatic carbocycles. The number of aryl methyl sites for hydroxylation is 2. The molecule has 0 saturated carbocycles. The molecule has 3 rings (SSSR count). The van der Waals surface area contributed by atoms with Gasteiger partial charge in [-0.1, -0.05) is 0 Å². The molecule has 22 heavy (non-hydrogen) atoms. The Kier molecular flexibility index (Phi) is 3.61. The molecule has 0 spiro atoms. The van der Waals surface area contributed by atoms with Gasteiger partial charge in [0.1, 0.15) is 5.69 Å². The van der Waals surface area contributed by atoms with Gasteiger partial charge < -0.3 is 5.32 Å². The van der Waals surface area contributed by atoms with Gasteiger partial charge in [0.25, 0.3) is 5.91 Å². The third kappa shape index (κ3) is 2.83. The number of carbonyl (C=O) groups is 1. The highest BCUT2D eigenvalue weighted by atomic mass is 16.1. The van der Waals surface area contributed by atoms with E-state index in [4.69, 9.17) is 0 Å². The molecule has 0 aliphatic rings. The number of carbonyl (C=O) groups excluding carboxylic acids is 1. The first-order valence-electron chi connectivity index (χ1n) is 6.70. The van der Waals surface area contributed by atoms with E-state index in [2.05, 4.69) is 25.4 Å². The highest BCUT2D eigenvalue weighted by Gasteiger charge is 2.09. The SMILES string of the molecule is Cc1cc(C)n(-c2ccc(NC(=O)c3cnccn3)cn2)n1. The first kappa shape index (κ1) is 13.9. The lowest BCUT2D eigenvalue weighted by Crippen LogP contribution is -2.14. The Morgan fingerprint density at radius 2 is 2.00 bits per heavy atom. The summed E-state index contributed by atoms with van der Waals surface area (Å²) in [6.45, 7) is 3.89. The van der Waals surface area contributed by atoms with Crippen LogP contribution in [0.25, 0.3) is 5.82 Å². The summed E-state index contributed by atoms with van der Waals surface area (Å²) < 4.78 is 1.75. The minimum Gasteiger partial charge on any atom is -0.319 e. The molecular weight excluding hydrogens is 280 g/mol. The molecule has 0 atom stereocenters. The van der Waals surface area contributed by atoms with Crippen molar-refractivity contribution in [1.82, 2.24) is 24.7 Å². The monoisotopic (exact) mass is 294 g/mol. The molecule has 0 saturated heterocycles. The second-order valence-electron chi connectivity index (χ2n) is 4.79. The molecule has 110 valence electrons. The molecule has 1 amide bonds. The van der Waals surface area contributed by atoms with Crippen LogP contribution in [0.15, 0.2) is 43.0 Å². The lowest BCUT2D eigenvalue weighted by molar-refractivity contribution is 0.102. The zero-order valence-electron chi connectivity index (χ0n) is 12.2. The lowest BCUT2D eigenvalue weighted by Gasteiger charge is -2.06. The summed E-state index contributed by atoms with van der Waals surface area (Å²) in [5.74, 6) is 0.372. The van der Waals surface area contributed by atoms with E-state index >= 15 is 0 Å². The van der Waals surface area contributed by atoms with Crippen molar-refractivity contribution >= 4 is 11.6 Å². The molecule has 0 unspecified atom stereocenters. The predicted octanol–water partition coefficient (Wildman–Crippen LogP) is 1.93. The molecule has 0 aromatic carbocycles. The van der Waals surface area contributed by atoms with Crippen LogP contribution in [0.1, 0.15) is 21.9 Å². The minimum atomic E-state index is -0.325. The zero-order chi connectivity index (χ0) is 15.5. The van der Waals surface area contributed by atoms with E-state index in [1.807, 2.05) is 19.9 Å². The average Bonchev–Trinajstić information content (AvgIpc) is 2.87. The maximum atomic E-state index is 12.0. The zero-order valence-corrected chi connectivity index (χ0v) is 12.2. The molecular formula is C15H14N6O. The number of nitrogens with zero attached hydrogens (tertiary/aromatic N) is 5. The minimum absolute atomic E-state index is 0.255. The fourth-order valence-corrected chi connectivity index (χ4v) is 2.06. The van der Waals surface area contributed by atoms with Crippen LogP contribution in [0.4, 0.5) is 5.69 Å². The fourth-order valence-electron chi connectivity index (χ4n) is 2.06. The van der Waals surface area contributed by atoms with Gasteiger partial charge in [-0.2, -0.15) is 5.10 Å². The first-order chi connectivity index (χ1) is 10.6. The highest BCUT2D eigenvalue weighted by molar-refractivity contribution is 6.02. The highest BCUT2D eigenvalue weighted by Crippen LogP contribution is 2.13. The van der Waals surface area contributed by atoms with Crippen molar-refractivity contribution in [2.75, 3.05) is 5.32 Å². The fraction of sp³-hybridized carbons (Fsp3) is 0.133. The van der Waals surface area contributed by atoms with Gasteiger partial charge in [-0.25, -0.2) is 14.6 Å². The molecule has 3 aromatic rings. The van der Waals surface area contributed by atoms with Crippen molar-refractivity contribution in [2.24, 2.45) is 0 Å². The molecule has 7 heteroatoms. The van der Waals surface area contributed by atoms with Gasteiger partial charge in [-0.15, -0.1) is 0 Å². The molecule has 0 radical (unpaired) electrons. The van der Waals surface area contributed by atoms with Crippen molar-refractivity contribution in [3.8, 4) is 5.82 Å². The van der Waals surface area contributed by atoms with Crippen LogP contribution in [0.5, 0.6) is 0 Å². The summed E-state index contributed by atoms with van der Waals surface area (Å²) in [5.41, 5.74) is 2.77. The second kappa shape index (κ2) is 5.72. The Balaban J connectivity index is 1.77.